The maximum atomic E-state index is 5.65. The molecule has 0 amide bonds. The van der Waals surface area contributed by atoms with Gasteiger partial charge < -0.3 is 10.3 Å². The van der Waals surface area contributed by atoms with Crippen molar-refractivity contribution in [3.8, 4) is 5.69 Å². The Morgan fingerprint density at radius 1 is 1.41 bits per heavy atom. The number of halogens is 1. The molecule has 4 heteroatoms. The second-order valence-corrected chi connectivity index (χ2v) is 4.79. The quantitative estimate of drug-likeness (QED) is 0.942. The zero-order chi connectivity index (χ0) is 12.3. The van der Waals surface area contributed by atoms with Crippen molar-refractivity contribution in [2.75, 3.05) is 6.54 Å². The molecule has 1 aromatic heterocycles. The number of hydrogen-bond donors (Lipinski definition) is 1. The van der Waals surface area contributed by atoms with Crippen molar-refractivity contribution in [3.05, 3.63) is 46.5 Å². The zero-order valence-electron chi connectivity index (χ0n) is 9.86. The minimum absolute atomic E-state index is 0.658. The van der Waals surface area contributed by atoms with Crippen molar-refractivity contribution in [3.63, 3.8) is 0 Å². The highest BCUT2D eigenvalue weighted by molar-refractivity contribution is 9.10. The smallest absolute Gasteiger partial charge is 0.112 e. The minimum Gasteiger partial charge on any atom is -0.330 e. The Kier molecular flexibility index (Phi) is 3.97. The van der Waals surface area contributed by atoms with Gasteiger partial charge in [-0.05, 0) is 30.7 Å². The van der Waals surface area contributed by atoms with Gasteiger partial charge in [-0.15, -0.1) is 0 Å². The summed E-state index contributed by atoms with van der Waals surface area (Å²) in [4.78, 5) is 4.36. The lowest BCUT2D eigenvalue weighted by atomic mass is 10.1. The fourth-order valence-electron chi connectivity index (χ4n) is 1.94. The van der Waals surface area contributed by atoms with Gasteiger partial charge in [0.25, 0.3) is 0 Å². The van der Waals surface area contributed by atoms with Gasteiger partial charge in [0.15, 0.2) is 0 Å². The third kappa shape index (κ3) is 2.58. The van der Waals surface area contributed by atoms with Crippen LogP contribution in [0.1, 0.15) is 18.3 Å². The number of nitrogens with two attached hydrogens (primary N) is 1. The Bertz CT molecular complexity index is 505. The van der Waals surface area contributed by atoms with Crippen molar-refractivity contribution in [1.29, 1.82) is 0 Å². The normalized spacial score (nSPS) is 10.8. The highest BCUT2D eigenvalue weighted by Gasteiger charge is 2.08. The lowest BCUT2D eigenvalue weighted by molar-refractivity contribution is 0.867. The molecule has 0 saturated carbocycles. The fraction of sp³-hybridized carbons (Fsp3) is 0.308. The van der Waals surface area contributed by atoms with Gasteiger partial charge in [-0.25, -0.2) is 4.98 Å². The molecule has 1 heterocycles. The summed E-state index contributed by atoms with van der Waals surface area (Å²) in [6, 6.07) is 6.29. The molecule has 90 valence electrons. The lowest BCUT2D eigenvalue weighted by Crippen LogP contribution is -2.08. The van der Waals surface area contributed by atoms with Gasteiger partial charge in [-0.2, -0.15) is 0 Å². The van der Waals surface area contributed by atoms with E-state index in [0.717, 1.165) is 23.1 Å². The van der Waals surface area contributed by atoms with Crippen LogP contribution in [-0.4, -0.2) is 16.1 Å². The van der Waals surface area contributed by atoms with E-state index >= 15 is 0 Å². The first-order valence-corrected chi connectivity index (χ1v) is 6.56. The molecule has 0 aliphatic rings. The second kappa shape index (κ2) is 5.47. The Balaban J connectivity index is 2.52. The van der Waals surface area contributed by atoms with Crippen LogP contribution in [0.25, 0.3) is 5.69 Å². The van der Waals surface area contributed by atoms with Gasteiger partial charge in [0.2, 0.25) is 0 Å². The molecule has 0 unspecified atom stereocenters. The van der Waals surface area contributed by atoms with Gasteiger partial charge >= 0.3 is 0 Å². The van der Waals surface area contributed by atoms with Crippen LogP contribution in [0.4, 0.5) is 0 Å². The molecule has 3 nitrogen and oxygen atoms in total. The van der Waals surface area contributed by atoms with E-state index < -0.39 is 0 Å². The molecule has 0 bridgehead atoms. The Morgan fingerprint density at radius 3 is 2.94 bits per heavy atom. The molecule has 0 aliphatic carbocycles. The van der Waals surface area contributed by atoms with Crippen LogP contribution in [-0.2, 0) is 12.8 Å². The summed E-state index contributed by atoms with van der Waals surface area (Å²) in [5.41, 5.74) is 8.07. The van der Waals surface area contributed by atoms with Crippen molar-refractivity contribution in [2.24, 2.45) is 5.73 Å². The van der Waals surface area contributed by atoms with Gasteiger partial charge in [0.1, 0.15) is 5.82 Å². The third-order valence-corrected chi connectivity index (χ3v) is 3.25. The van der Waals surface area contributed by atoms with Gasteiger partial charge in [-0.1, -0.05) is 28.9 Å². The van der Waals surface area contributed by atoms with Crippen molar-refractivity contribution in [1.82, 2.24) is 9.55 Å². The van der Waals surface area contributed by atoms with Crippen LogP contribution in [0, 0.1) is 0 Å². The van der Waals surface area contributed by atoms with Gasteiger partial charge in [0.05, 0.1) is 5.69 Å². The standard InChI is InChI=1S/C13H16BrN3/c1-2-13-16-7-8-17(13)12-9-11(14)4-3-10(12)5-6-15/h3-4,7-9H,2,5-6,15H2,1H3. The molecule has 2 aromatic rings. The highest BCUT2D eigenvalue weighted by atomic mass is 79.9. The van der Waals surface area contributed by atoms with E-state index in [4.69, 9.17) is 5.73 Å². The summed E-state index contributed by atoms with van der Waals surface area (Å²) in [6.07, 6.45) is 5.64. The first-order valence-electron chi connectivity index (χ1n) is 5.77. The average Bonchev–Trinajstić information content (AvgIpc) is 2.79. The Hall–Kier alpha value is -1.13. The van der Waals surface area contributed by atoms with E-state index in [9.17, 15) is 0 Å². The van der Waals surface area contributed by atoms with E-state index in [1.165, 1.54) is 11.3 Å². The number of aryl methyl sites for hydroxylation is 1. The van der Waals surface area contributed by atoms with E-state index in [0.29, 0.717) is 6.54 Å². The van der Waals surface area contributed by atoms with E-state index in [1.807, 2.05) is 12.4 Å². The molecule has 0 radical (unpaired) electrons. The van der Waals surface area contributed by atoms with Crippen LogP contribution >= 0.6 is 15.9 Å². The largest absolute Gasteiger partial charge is 0.330 e. The average molecular weight is 294 g/mol. The van der Waals surface area contributed by atoms with Crippen molar-refractivity contribution in [2.45, 2.75) is 19.8 Å². The monoisotopic (exact) mass is 293 g/mol. The maximum Gasteiger partial charge on any atom is 0.112 e. The topological polar surface area (TPSA) is 43.8 Å². The molecule has 0 atom stereocenters. The number of aromatic nitrogens is 2. The first kappa shape index (κ1) is 12.3. The zero-order valence-corrected chi connectivity index (χ0v) is 11.4. The van der Waals surface area contributed by atoms with Crippen LogP contribution in [0.3, 0.4) is 0 Å². The molecule has 2 rings (SSSR count). The molecule has 2 N–H and O–H groups in total. The van der Waals surface area contributed by atoms with Crippen LogP contribution < -0.4 is 5.73 Å². The molecule has 0 saturated heterocycles. The summed E-state index contributed by atoms with van der Waals surface area (Å²) in [6.45, 7) is 2.77. The number of hydrogen-bond acceptors (Lipinski definition) is 2. The van der Waals surface area contributed by atoms with Gasteiger partial charge in [-0.3, -0.25) is 0 Å². The predicted molar refractivity (Wildman–Crippen MR) is 73.4 cm³/mol. The van der Waals surface area contributed by atoms with Crippen LogP contribution in [0.2, 0.25) is 0 Å². The Labute approximate surface area is 110 Å². The number of imidazole rings is 1. The summed E-state index contributed by atoms with van der Waals surface area (Å²) in [7, 11) is 0. The van der Waals surface area contributed by atoms with Crippen LogP contribution in [0.15, 0.2) is 35.1 Å². The van der Waals surface area contributed by atoms with Crippen molar-refractivity contribution < 1.29 is 0 Å². The van der Waals surface area contributed by atoms with E-state index in [2.05, 4.69) is 50.6 Å². The predicted octanol–water partition coefficient (Wildman–Crippen LogP) is 2.70. The number of benzene rings is 1. The van der Waals surface area contributed by atoms with Crippen LogP contribution in [0.5, 0.6) is 0 Å². The lowest BCUT2D eigenvalue weighted by Gasteiger charge is -2.12. The van der Waals surface area contributed by atoms with Crippen molar-refractivity contribution >= 4 is 15.9 Å². The maximum absolute atomic E-state index is 5.65. The SMILES string of the molecule is CCc1nccn1-c1cc(Br)ccc1CCN. The first-order chi connectivity index (χ1) is 8.26. The molecule has 1 aromatic carbocycles. The van der Waals surface area contributed by atoms with E-state index in [1.54, 1.807) is 0 Å². The number of rotatable bonds is 4. The molecule has 0 fully saturated rings. The molecule has 0 aliphatic heterocycles. The Morgan fingerprint density at radius 2 is 2.24 bits per heavy atom. The summed E-state index contributed by atoms with van der Waals surface area (Å²) >= 11 is 3.51. The second-order valence-electron chi connectivity index (χ2n) is 3.88. The fourth-order valence-corrected chi connectivity index (χ4v) is 2.29. The molecular formula is C13H16BrN3. The molecule has 17 heavy (non-hydrogen) atoms. The molecule has 0 spiro atoms. The summed E-state index contributed by atoms with van der Waals surface area (Å²) < 4.78 is 3.21. The molecular weight excluding hydrogens is 278 g/mol. The highest BCUT2D eigenvalue weighted by Crippen LogP contribution is 2.22. The number of nitrogens with zero attached hydrogens (tertiary/aromatic N) is 2. The van der Waals surface area contributed by atoms with Gasteiger partial charge in [0, 0.05) is 23.3 Å². The minimum atomic E-state index is 0.658. The summed E-state index contributed by atoms with van der Waals surface area (Å²) in [5, 5.41) is 0. The third-order valence-electron chi connectivity index (χ3n) is 2.75. The van der Waals surface area contributed by atoms with E-state index in [-0.39, 0.29) is 0 Å². The summed E-state index contributed by atoms with van der Waals surface area (Å²) in [5.74, 6) is 1.07.